The lowest BCUT2D eigenvalue weighted by Gasteiger charge is -1.99. The molecule has 0 radical (unpaired) electrons. The number of hydrogen-bond donors (Lipinski definition) is 0. The zero-order valence-corrected chi connectivity index (χ0v) is 12.6. The van der Waals surface area contributed by atoms with Crippen molar-refractivity contribution in [2.45, 2.75) is 39.0 Å². The molecule has 0 heterocycles. The van der Waals surface area contributed by atoms with E-state index in [0.29, 0.717) is 0 Å². The Hall–Kier alpha value is 1.68. The highest BCUT2D eigenvalue weighted by molar-refractivity contribution is 14.1. The van der Waals surface area contributed by atoms with Crippen LogP contribution in [-0.2, 0) is 0 Å². The molecule has 0 aliphatic heterocycles. The topological polar surface area (TPSA) is 0 Å². The summed E-state index contributed by atoms with van der Waals surface area (Å²) in [7, 11) is 0. The van der Waals surface area contributed by atoms with E-state index in [4.69, 9.17) is 0 Å². The second-order valence-electron chi connectivity index (χ2n) is 2.48. The van der Waals surface area contributed by atoms with Crippen molar-refractivity contribution in [2.75, 3.05) is 0 Å². The molecule has 3 heteroatoms. The molecule has 0 fully saturated rings. The maximum Gasteiger partial charge on any atom is 0.0651 e. The average Bonchev–Trinajstić information content (AvgIpc) is 1.97. The fraction of sp³-hybridized carbons (Fsp3) is 0.750. The molecule has 0 N–H and O–H groups in total. The molecular weight excluding hydrogens is 430 g/mol. The lowest BCUT2D eigenvalue weighted by atomic mass is 10.2. The van der Waals surface area contributed by atoms with E-state index in [0.717, 1.165) is 0 Å². The normalized spacial score (nSPS) is 13.1. The second kappa shape index (κ2) is 8.29. The van der Waals surface area contributed by atoms with E-state index in [2.05, 4.69) is 68.0 Å². The van der Waals surface area contributed by atoms with Crippen LogP contribution < -0.4 is 0 Å². The van der Waals surface area contributed by atoms with Crippen LogP contribution in [0.3, 0.4) is 0 Å². The molecule has 0 aromatic heterocycles. The Morgan fingerprint density at radius 3 is 2.27 bits per heavy atom. The van der Waals surface area contributed by atoms with Gasteiger partial charge in [-0.15, -0.1) is 0 Å². The smallest absolute Gasteiger partial charge is 0.0651 e. The average molecular weight is 443 g/mol. The Bertz CT molecular complexity index is 128. The van der Waals surface area contributed by atoms with Crippen LogP contribution in [0.15, 0.2) is 6.07 Å². The van der Waals surface area contributed by atoms with Crippen LogP contribution in [0.1, 0.15) is 39.0 Å². The molecule has 66 valence electrons. The third-order valence-electron chi connectivity index (χ3n) is 1.45. The van der Waals surface area contributed by atoms with Crippen molar-refractivity contribution in [3.05, 3.63) is 6.07 Å². The van der Waals surface area contributed by atoms with Crippen molar-refractivity contribution < 1.29 is 0 Å². The SMILES string of the molecule is CCCCCC/C(I)=C(\Br)I. The van der Waals surface area contributed by atoms with E-state index in [1.54, 1.807) is 0 Å². The van der Waals surface area contributed by atoms with Gasteiger partial charge in [-0.25, -0.2) is 0 Å². The third kappa shape index (κ3) is 8.02. The van der Waals surface area contributed by atoms with Crippen molar-refractivity contribution >= 4 is 61.1 Å². The first-order chi connectivity index (χ1) is 5.18. The highest BCUT2D eigenvalue weighted by atomic mass is 127. The molecule has 0 rings (SSSR count). The van der Waals surface area contributed by atoms with Gasteiger partial charge in [0.05, 0.1) is 2.49 Å². The minimum atomic E-state index is 1.24. The van der Waals surface area contributed by atoms with Gasteiger partial charge in [0.15, 0.2) is 0 Å². The highest BCUT2D eigenvalue weighted by Crippen LogP contribution is 2.28. The van der Waals surface area contributed by atoms with Crippen LogP contribution in [0, 0.1) is 0 Å². The Morgan fingerprint density at radius 1 is 1.18 bits per heavy atom. The number of allylic oxidation sites excluding steroid dienone is 1. The first kappa shape index (κ1) is 12.7. The first-order valence-corrected chi connectivity index (χ1v) is 6.83. The van der Waals surface area contributed by atoms with Crippen LogP contribution in [0.5, 0.6) is 0 Å². The zero-order chi connectivity index (χ0) is 8.69. The molecular formula is C8H13BrI2. The fourth-order valence-corrected chi connectivity index (χ4v) is 1.65. The molecule has 11 heavy (non-hydrogen) atoms. The van der Waals surface area contributed by atoms with E-state index in [-0.39, 0.29) is 0 Å². The van der Waals surface area contributed by atoms with E-state index in [1.807, 2.05) is 0 Å². The summed E-state index contributed by atoms with van der Waals surface area (Å²) in [6.45, 7) is 2.25. The predicted octanol–water partition coefficient (Wildman–Crippen LogP) is 5.39. The van der Waals surface area contributed by atoms with E-state index in [9.17, 15) is 0 Å². The summed E-state index contributed by atoms with van der Waals surface area (Å²) >= 11 is 8.19. The Kier molecular flexibility index (Phi) is 9.55. The molecule has 0 nitrogen and oxygen atoms in total. The van der Waals surface area contributed by atoms with Crippen LogP contribution in [-0.4, -0.2) is 0 Å². The molecule has 0 aromatic rings. The minimum Gasteiger partial charge on any atom is -0.0654 e. The number of unbranched alkanes of at least 4 members (excludes halogenated alkanes) is 3. The van der Waals surface area contributed by atoms with Gasteiger partial charge < -0.3 is 0 Å². The monoisotopic (exact) mass is 442 g/mol. The van der Waals surface area contributed by atoms with Gasteiger partial charge >= 0.3 is 0 Å². The lowest BCUT2D eigenvalue weighted by Crippen LogP contribution is -1.77. The first-order valence-electron chi connectivity index (χ1n) is 3.88. The standard InChI is InChI=1S/C8H13BrI2/c1-2-3-4-5-6-7(10)8(9)11/h2-6H2,1H3/b8-7-. The van der Waals surface area contributed by atoms with Gasteiger partial charge in [0.1, 0.15) is 0 Å². The third-order valence-corrected chi connectivity index (χ3v) is 5.44. The van der Waals surface area contributed by atoms with Crippen molar-refractivity contribution in [1.29, 1.82) is 0 Å². The van der Waals surface area contributed by atoms with Crippen LogP contribution in [0.25, 0.3) is 0 Å². The van der Waals surface area contributed by atoms with Gasteiger partial charge in [0.2, 0.25) is 0 Å². The highest BCUT2D eigenvalue weighted by Gasteiger charge is 1.96. The molecule has 0 atom stereocenters. The van der Waals surface area contributed by atoms with Crippen LogP contribution in [0.4, 0.5) is 0 Å². The van der Waals surface area contributed by atoms with Crippen molar-refractivity contribution in [2.24, 2.45) is 0 Å². The fourth-order valence-electron chi connectivity index (χ4n) is 0.801. The lowest BCUT2D eigenvalue weighted by molar-refractivity contribution is 0.673. The Morgan fingerprint density at radius 2 is 1.82 bits per heavy atom. The van der Waals surface area contributed by atoms with Gasteiger partial charge in [0, 0.05) is 3.58 Å². The summed E-state index contributed by atoms with van der Waals surface area (Å²) in [5.74, 6) is 0. The maximum absolute atomic E-state index is 3.47. The van der Waals surface area contributed by atoms with Gasteiger partial charge in [-0.2, -0.15) is 0 Å². The number of halogens is 3. The van der Waals surface area contributed by atoms with Crippen molar-refractivity contribution in [1.82, 2.24) is 0 Å². The summed E-state index contributed by atoms with van der Waals surface area (Å²) in [6.07, 6.45) is 6.66. The van der Waals surface area contributed by atoms with Gasteiger partial charge in [-0.3, -0.25) is 0 Å². The molecule has 0 bridgehead atoms. The van der Waals surface area contributed by atoms with Crippen LogP contribution in [0.2, 0.25) is 0 Å². The largest absolute Gasteiger partial charge is 0.0654 e. The van der Waals surface area contributed by atoms with Gasteiger partial charge in [0.25, 0.3) is 0 Å². The number of rotatable bonds is 5. The predicted molar refractivity (Wildman–Crippen MR) is 72.8 cm³/mol. The van der Waals surface area contributed by atoms with Crippen molar-refractivity contribution in [3.8, 4) is 0 Å². The molecule has 0 aliphatic carbocycles. The summed E-state index contributed by atoms with van der Waals surface area (Å²) in [4.78, 5) is 0. The zero-order valence-electron chi connectivity index (χ0n) is 6.67. The van der Waals surface area contributed by atoms with Crippen LogP contribution >= 0.6 is 61.1 Å². The summed E-state index contributed by atoms with van der Waals surface area (Å²) < 4.78 is 2.73. The van der Waals surface area contributed by atoms with E-state index >= 15 is 0 Å². The molecule has 0 saturated carbocycles. The second-order valence-corrected chi connectivity index (χ2v) is 7.13. The Labute approximate surface area is 105 Å². The quantitative estimate of drug-likeness (QED) is 0.395. The molecule has 0 saturated heterocycles. The van der Waals surface area contributed by atoms with Crippen molar-refractivity contribution in [3.63, 3.8) is 0 Å². The Balaban J connectivity index is 3.32. The van der Waals surface area contributed by atoms with Gasteiger partial charge in [-0.05, 0) is 74.0 Å². The summed E-state index contributed by atoms with van der Waals surface area (Å²) in [5, 5.41) is 0. The van der Waals surface area contributed by atoms with Gasteiger partial charge in [-0.1, -0.05) is 26.2 Å². The summed E-state index contributed by atoms with van der Waals surface area (Å²) in [5.41, 5.74) is 0. The van der Waals surface area contributed by atoms with E-state index in [1.165, 1.54) is 38.2 Å². The molecule has 0 aliphatic rings. The van der Waals surface area contributed by atoms with E-state index < -0.39 is 0 Å². The summed E-state index contributed by atoms with van der Waals surface area (Å²) in [6, 6.07) is 0. The molecule has 0 amide bonds. The number of hydrogen-bond acceptors (Lipinski definition) is 0. The molecule has 0 spiro atoms. The molecule has 0 unspecified atom stereocenters. The maximum atomic E-state index is 3.47. The molecule has 0 aromatic carbocycles. The minimum absolute atomic E-state index is 1.24.